The van der Waals surface area contributed by atoms with Crippen LogP contribution in [0.15, 0.2) is 85.2 Å². The van der Waals surface area contributed by atoms with Crippen molar-refractivity contribution in [3.05, 3.63) is 90.8 Å². The number of anilines is 1. The van der Waals surface area contributed by atoms with Gasteiger partial charge in [0.15, 0.2) is 0 Å². The molecule has 1 aliphatic rings. The lowest BCUT2D eigenvalue weighted by atomic mass is 10.0. The minimum atomic E-state index is -0.340. The van der Waals surface area contributed by atoms with Crippen LogP contribution in [-0.2, 0) is 4.74 Å². The monoisotopic (exact) mass is 429 g/mol. The molecule has 5 rings (SSSR count). The van der Waals surface area contributed by atoms with Crippen molar-refractivity contribution in [3.63, 3.8) is 0 Å². The van der Waals surface area contributed by atoms with Crippen LogP contribution in [0.4, 0.5) is 10.5 Å². The number of hydrogen-bond donors (Lipinski definition) is 1. The number of rotatable bonds is 5. The molecular weight excluding hydrogens is 402 g/mol. The Hall–Kier alpha value is -3.80. The van der Waals surface area contributed by atoms with Crippen molar-refractivity contribution in [2.45, 2.75) is 32.4 Å². The van der Waals surface area contributed by atoms with Crippen LogP contribution in [0.3, 0.4) is 0 Å². The van der Waals surface area contributed by atoms with Crippen LogP contribution in [0, 0.1) is 0 Å². The Bertz CT molecular complexity index is 1120. The van der Waals surface area contributed by atoms with E-state index in [1.54, 1.807) is 11.2 Å². The predicted octanol–water partition coefficient (Wildman–Crippen LogP) is 6.12. The van der Waals surface area contributed by atoms with Crippen LogP contribution in [0.25, 0.3) is 11.0 Å². The van der Waals surface area contributed by atoms with Gasteiger partial charge in [0.25, 0.3) is 0 Å². The number of carbonyl (C=O) groups is 1. The molecule has 6 nitrogen and oxygen atoms in total. The number of carbonyl (C=O) groups excluding carboxylic acids is 1. The van der Waals surface area contributed by atoms with Crippen molar-refractivity contribution in [1.29, 1.82) is 0 Å². The third-order valence-corrected chi connectivity index (χ3v) is 5.25. The molecule has 32 heavy (non-hydrogen) atoms. The van der Waals surface area contributed by atoms with Crippen LogP contribution in [-0.4, -0.2) is 28.8 Å². The van der Waals surface area contributed by atoms with E-state index in [9.17, 15) is 4.79 Å². The molecule has 2 unspecified atom stereocenters. The highest BCUT2D eigenvalue weighted by molar-refractivity contribution is 5.93. The zero-order valence-electron chi connectivity index (χ0n) is 18.3. The van der Waals surface area contributed by atoms with Crippen LogP contribution in [0.2, 0.25) is 0 Å². The van der Waals surface area contributed by atoms with E-state index in [0.717, 1.165) is 34.5 Å². The van der Waals surface area contributed by atoms with Crippen LogP contribution in [0.5, 0.6) is 5.75 Å². The molecular formula is C26H27N3O3. The summed E-state index contributed by atoms with van der Waals surface area (Å²) in [5.41, 5.74) is 3.55. The zero-order chi connectivity index (χ0) is 22.3. The lowest BCUT2D eigenvalue weighted by Gasteiger charge is -2.24. The molecule has 2 heterocycles. The lowest BCUT2D eigenvalue weighted by molar-refractivity contribution is 0.141. The number of fused-ring (bicyclic) bond motifs is 1. The second-order valence-corrected chi connectivity index (χ2v) is 7.58. The molecule has 1 N–H and O–H groups in total. The van der Waals surface area contributed by atoms with Gasteiger partial charge in [-0.3, -0.25) is 4.90 Å². The SMILES string of the molecule is CCCOc1ccc(C2C(C)OC(=O)N2c2ccc3nc[nH]c3c2)cc1.c1ccccc1. The molecule has 164 valence electrons. The topological polar surface area (TPSA) is 67.5 Å². The first-order valence-corrected chi connectivity index (χ1v) is 10.8. The molecule has 1 aromatic heterocycles. The van der Waals surface area contributed by atoms with Crippen molar-refractivity contribution < 1.29 is 14.3 Å². The number of aromatic amines is 1. The third-order valence-electron chi connectivity index (χ3n) is 5.25. The Kier molecular flexibility index (Phi) is 6.70. The van der Waals surface area contributed by atoms with E-state index in [0.29, 0.717) is 6.61 Å². The number of nitrogens with one attached hydrogen (secondary N) is 1. The fraction of sp³-hybridized carbons (Fsp3) is 0.231. The smallest absolute Gasteiger partial charge is 0.415 e. The quantitative estimate of drug-likeness (QED) is 0.415. The summed E-state index contributed by atoms with van der Waals surface area (Å²) in [5, 5.41) is 0. The number of amides is 1. The van der Waals surface area contributed by atoms with Crippen LogP contribution in [0.1, 0.15) is 31.9 Å². The molecule has 1 fully saturated rings. The van der Waals surface area contributed by atoms with Crippen LogP contribution >= 0.6 is 0 Å². The number of benzene rings is 3. The Morgan fingerprint density at radius 3 is 2.38 bits per heavy atom. The third kappa shape index (κ3) is 4.75. The molecule has 0 saturated carbocycles. The van der Waals surface area contributed by atoms with E-state index in [4.69, 9.17) is 9.47 Å². The van der Waals surface area contributed by atoms with Crippen molar-refractivity contribution in [2.24, 2.45) is 0 Å². The van der Waals surface area contributed by atoms with E-state index < -0.39 is 0 Å². The number of imidazole rings is 1. The minimum Gasteiger partial charge on any atom is -0.494 e. The summed E-state index contributed by atoms with van der Waals surface area (Å²) in [4.78, 5) is 21.5. The summed E-state index contributed by atoms with van der Waals surface area (Å²) in [6.45, 7) is 4.68. The molecule has 0 spiro atoms. The van der Waals surface area contributed by atoms with Gasteiger partial charge >= 0.3 is 6.09 Å². The van der Waals surface area contributed by atoms with Gasteiger partial charge in [0.1, 0.15) is 17.9 Å². The highest BCUT2D eigenvalue weighted by atomic mass is 16.6. The summed E-state index contributed by atoms with van der Waals surface area (Å²) >= 11 is 0. The molecule has 0 bridgehead atoms. The van der Waals surface area contributed by atoms with Gasteiger partial charge in [-0.1, -0.05) is 55.5 Å². The second kappa shape index (κ2) is 10.0. The summed E-state index contributed by atoms with van der Waals surface area (Å²) in [6.07, 6.45) is 2.02. The zero-order valence-corrected chi connectivity index (χ0v) is 18.3. The number of aromatic nitrogens is 2. The van der Waals surface area contributed by atoms with Gasteiger partial charge in [-0.25, -0.2) is 9.78 Å². The standard InChI is InChI=1S/C20H21N3O3.C6H6/c1-3-10-25-16-7-4-14(5-8-16)19-13(2)26-20(24)23(19)15-6-9-17-18(11-15)22-12-21-17;1-2-4-6-5-3-1/h4-9,11-13,19H,3,10H2,1-2H3,(H,21,22);1-6H. The highest BCUT2D eigenvalue weighted by Gasteiger charge is 2.41. The first-order chi connectivity index (χ1) is 15.7. The fourth-order valence-electron chi connectivity index (χ4n) is 3.73. The fourth-order valence-corrected chi connectivity index (χ4v) is 3.73. The van der Waals surface area contributed by atoms with Gasteiger partial charge in [-0.15, -0.1) is 0 Å². The van der Waals surface area contributed by atoms with Gasteiger partial charge in [-0.2, -0.15) is 0 Å². The minimum absolute atomic E-state index is 0.192. The van der Waals surface area contributed by atoms with Gasteiger partial charge < -0.3 is 14.5 Å². The van der Waals surface area contributed by atoms with Crippen molar-refractivity contribution >= 4 is 22.8 Å². The van der Waals surface area contributed by atoms with Crippen molar-refractivity contribution in [3.8, 4) is 5.75 Å². The maximum absolute atomic E-state index is 12.5. The second-order valence-electron chi connectivity index (χ2n) is 7.58. The number of ether oxygens (including phenoxy) is 2. The number of H-pyrrole nitrogens is 1. The summed E-state index contributed by atoms with van der Waals surface area (Å²) in [6, 6.07) is 25.4. The Balaban J connectivity index is 0.000000354. The largest absolute Gasteiger partial charge is 0.494 e. The highest BCUT2D eigenvalue weighted by Crippen LogP contribution is 2.38. The Labute approximate surface area is 187 Å². The maximum atomic E-state index is 12.5. The molecule has 1 amide bonds. The Morgan fingerprint density at radius 2 is 1.72 bits per heavy atom. The number of nitrogens with zero attached hydrogens (tertiary/aromatic N) is 2. The van der Waals surface area contributed by atoms with Gasteiger partial charge in [0.2, 0.25) is 0 Å². The van der Waals surface area contributed by atoms with Gasteiger partial charge in [0, 0.05) is 0 Å². The molecule has 0 aliphatic carbocycles. The summed E-state index contributed by atoms with van der Waals surface area (Å²) in [7, 11) is 0. The summed E-state index contributed by atoms with van der Waals surface area (Å²) < 4.78 is 11.2. The number of cyclic esters (lactones) is 1. The molecule has 1 saturated heterocycles. The Morgan fingerprint density at radius 1 is 1.03 bits per heavy atom. The van der Waals surface area contributed by atoms with Crippen molar-refractivity contribution in [1.82, 2.24) is 9.97 Å². The first-order valence-electron chi connectivity index (χ1n) is 10.8. The molecule has 1 aliphatic heterocycles. The van der Waals surface area contributed by atoms with Crippen LogP contribution < -0.4 is 9.64 Å². The molecule has 3 aromatic carbocycles. The lowest BCUT2D eigenvalue weighted by Crippen LogP contribution is -2.28. The number of hydrogen-bond acceptors (Lipinski definition) is 4. The molecule has 0 radical (unpaired) electrons. The van der Waals surface area contributed by atoms with E-state index >= 15 is 0 Å². The van der Waals surface area contributed by atoms with E-state index in [2.05, 4.69) is 16.9 Å². The predicted molar refractivity (Wildman–Crippen MR) is 126 cm³/mol. The normalized spacial score (nSPS) is 17.6. The van der Waals surface area contributed by atoms with Gasteiger partial charge in [0.05, 0.1) is 29.7 Å². The maximum Gasteiger partial charge on any atom is 0.415 e. The average Bonchev–Trinajstić information content (AvgIpc) is 3.42. The van der Waals surface area contributed by atoms with E-state index in [-0.39, 0.29) is 18.2 Å². The first kappa shape index (κ1) is 21.4. The molecule has 4 aromatic rings. The van der Waals surface area contributed by atoms with E-state index in [1.165, 1.54) is 0 Å². The van der Waals surface area contributed by atoms with Gasteiger partial charge in [-0.05, 0) is 49.2 Å². The van der Waals surface area contributed by atoms with E-state index in [1.807, 2.05) is 85.8 Å². The summed E-state index contributed by atoms with van der Waals surface area (Å²) in [5.74, 6) is 0.832. The average molecular weight is 430 g/mol. The molecule has 2 atom stereocenters. The van der Waals surface area contributed by atoms with Crippen molar-refractivity contribution in [2.75, 3.05) is 11.5 Å². The molecule has 6 heteroatoms.